The Morgan fingerprint density at radius 2 is 1.65 bits per heavy atom. The second-order valence-electron chi connectivity index (χ2n) is 9.69. The number of carbonyl (C=O) groups excluding carboxylic acids is 2. The lowest BCUT2D eigenvalue weighted by Crippen LogP contribution is -2.48. The average molecular weight is 536 g/mol. The number of thiazole rings is 2. The second-order valence-corrected chi connectivity index (χ2v) is 11.8. The summed E-state index contributed by atoms with van der Waals surface area (Å²) in [6.45, 7) is 9.34. The van der Waals surface area contributed by atoms with Crippen molar-refractivity contribution in [2.24, 2.45) is 0 Å². The SMILES string of the molecule is Cc1nc(C)c(C(=O)N2CCC(c3nc(C(=O)N4CCN(CC=Cc5ccccc5)CC4)cs3)CC2)s1. The molecule has 0 saturated carbocycles. The van der Waals surface area contributed by atoms with Gasteiger partial charge >= 0.3 is 0 Å². The normalized spacial score (nSPS) is 17.6. The van der Waals surface area contributed by atoms with Crippen LogP contribution >= 0.6 is 22.7 Å². The summed E-state index contributed by atoms with van der Waals surface area (Å²) >= 11 is 3.06. The number of likely N-dealkylation sites (tertiary alicyclic amines) is 1. The number of aromatic nitrogens is 2. The lowest BCUT2D eigenvalue weighted by atomic mass is 9.97. The van der Waals surface area contributed by atoms with Crippen LogP contribution in [0.4, 0.5) is 0 Å². The largest absolute Gasteiger partial charge is 0.338 e. The maximum Gasteiger partial charge on any atom is 0.273 e. The Kier molecular flexibility index (Phi) is 8.12. The number of rotatable bonds is 6. The van der Waals surface area contributed by atoms with E-state index in [0.29, 0.717) is 24.7 Å². The van der Waals surface area contributed by atoms with Gasteiger partial charge in [-0.05, 0) is 32.3 Å². The van der Waals surface area contributed by atoms with Gasteiger partial charge in [0.1, 0.15) is 10.6 Å². The highest BCUT2D eigenvalue weighted by Crippen LogP contribution is 2.32. The molecule has 2 fully saturated rings. The van der Waals surface area contributed by atoms with Crippen LogP contribution in [0.25, 0.3) is 6.08 Å². The van der Waals surface area contributed by atoms with Crippen molar-refractivity contribution in [3.8, 4) is 0 Å². The third kappa shape index (κ3) is 6.17. The van der Waals surface area contributed by atoms with Crippen LogP contribution in [0.1, 0.15) is 60.2 Å². The van der Waals surface area contributed by atoms with Crippen LogP contribution in [0.2, 0.25) is 0 Å². The van der Waals surface area contributed by atoms with Gasteiger partial charge in [-0.25, -0.2) is 9.97 Å². The third-order valence-corrected chi connectivity index (χ3v) is 9.17. The maximum absolute atomic E-state index is 13.1. The summed E-state index contributed by atoms with van der Waals surface area (Å²) in [5.74, 6) is 0.421. The first-order chi connectivity index (χ1) is 18.0. The zero-order valence-corrected chi connectivity index (χ0v) is 23.1. The number of aryl methyl sites for hydroxylation is 2. The molecular formula is C28H33N5O2S2. The van der Waals surface area contributed by atoms with Crippen molar-refractivity contribution < 1.29 is 9.59 Å². The number of amides is 2. The highest BCUT2D eigenvalue weighted by atomic mass is 32.1. The zero-order valence-electron chi connectivity index (χ0n) is 21.4. The van der Waals surface area contributed by atoms with E-state index in [1.165, 1.54) is 16.9 Å². The standard InChI is InChI=1S/C28H33N5O2S2/c1-20-25(37-21(2)29-20)28(35)32-13-10-23(11-14-32)26-30-24(19-36-26)27(34)33-17-15-31(16-18-33)12-6-9-22-7-4-3-5-8-22/h3-9,19,23H,10-18H2,1-2H3. The second kappa shape index (κ2) is 11.7. The summed E-state index contributed by atoms with van der Waals surface area (Å²) in [5, 5.41) is 3.86. The first kappa shape index (κ1) is 25.8. The predicted octanol–water partition coefficient (Wildman–Crippen LogP) is 4.71. The summed E-state index contributed by atoms with van der Waals surface area (Å²) in [6.07, 6.45) is 6.09. The average Bonchev–Trinajstić information content (AvgIpc) is 3.55. The van der Waals surface area contributed by atoms with E-state index in [2.05, 4.69) is 34.2 Å². The van der Waals surface area contributed by atoms with E-state index in [-0.39, 0.29) is 11.8 Å². The molecule has 2 aromatic heterocycles. The Bertz CT molecular complexity index is 1250. The molecule has 2 amide bonds. The fourth-order valence-electron chi connectivity index (χ4n) is 4.97. The van der Waals surface area contributed by atoms with Gasteiger partial charge in [-0.3, -0.25) is 14.5 Å². The minimum absolute atomic E-state index is 0.0330. The van der Waals surface area contributed by atoms with Crippen LogP contribution in [0.5, 0.6) is 0 Å². The topological polar surface area (TPSA) is 69.6 Å². The minimum atomic E-state index is 0.0330. The van der Waals surface area contributed by atoms with Crippen molar-refractivity contribution >= 4 is 40.6 Å². The van der Waals surface area contributed by atoms with Crippen molar-refractivity contribution in [1.82, 2.24) is 24.7 Å². The molecule has 2 aliphatic rings. The molecule has 7 nitrogen and oxygen atoms in total. The highest BCUT2D eigenvalue weighted by molar-refractivity contribution is 7.13. The molecule has 1 aromatic carbocycles. The van der Waals surface area contributed by atoms with Gasteiger partial charge in [0.15, 0.2) is 0 Å². The number of nitrogens with zero attached hydrogens (tertiary/aromatic N) is 5. The lowest BCUT2D eigenvalue weighted by Gasteiger charge is -2.33. The minimum Gasteiger partial charge on any atom is -0.338 e. The number of piperazine rings is 1. The van der Waals surface area contributed by atoms with E-state index >= 15 is 0 Å². The summed E-state index contributed by atoms with van der Waals surface area (Å²) < 4.78 is 0. The fourth-order valence-corrected chi connectivity index (χ4v) is 6.83. The van der Waals surface area contributed by atoms with Gasteiger partial charge in [0.25, 0.3) is 11.8 Å². The van der Waals surface area contributed by atoms with Gasteiger partial charge in [-0.15, -0.1) is 22.7 Å². The van der Waals surface area contributed by atoms with E-state index in [9.17, 15) is 9.59 Å². The summed E-state index contributed by atoms with van der Waals surface area (Å²) in [6, 6.07) is 10.3. The number of piperidine rings is 1. The molecule has 0 N–H and O–H groups in total. The summed E-state index contributed by atoms with van der Waals surface area (Å²) in [5.41, 5.74) is 2.59. The van der Waals surface area contributed by atoms with Gasteiger partial charge in [-0.1, -0.05) is 42.5 Å². The fraction of sp³-hybridized carbons (Fsp3) is 0.429. The van der Waals surface area contributed by atoms with Crippen LogP contribution in [0, 0.1) is 13.8 Å². The smallest absolute Gasteiger partial charge is 0.273 e. The van der Waals surface area contributed by atoms with E-state index in [1.807, 2.05) is 47.2 Å². The molecule has 0 bridgehead atoms. The van der Waals surface area contributed by atoms with Crippen LogP contribution in [-0.4, -0.2) is 82.3 Å². The van der Waals surface area contributed by atoms with Crippen molar-refractivity contribution in [3.63, 3.8) is 0 Å². The Morgan fingerprint density at radius 3 is 2.32 bits per heavy atom. The van der Waals surface area contributed by atoms with Gasteiger partial charge < -0.3 is 9.80 Å². The molecule has 5 rings (SSSR count). The highest BCUT2D eigenvalue weighted by Gasteiger charge is 2.29. The van der Waals surface area contributed by atoms with Gasteiger partial charge in [0, 0.05) is 57.1 Å². The van der Waals surface area contributed by atoms with Gasteiger partial charge in [-0.2, -0.15) is 0 Å². The molecular weight excluding hydrogens is 502 g/mol. The lowest BCUT2D eigenvalue weighted by molar-refractivity contribution is 0.0645. The number of benzene rings is 1. The van der Waals surface area contributed by atoms with Crippen LogP contribution in [0.15, 0.2) is 41.8 Å². The van der Waals surface area contributed by atoms with Crippen LogP contribution in [0.3, 0.4) is 0 Å². The van der Waals surface area contributed by atoms with E-state index in [0.717, 1.165) is 66.2 Å². The van der Waals surface area contributed by atoms with Crippen molar-refractivity contribution in [2.45, 2.75) is 32.6 Å². The molecule has 4 heterocycles. The van der Waals surface area contributed by atoms with Crippen LogP contribution in [-0.2, 0) is 0 Å². The molecule has 9 heteroatoms. The molecule has 0 spiro atoms. The molecule has 37 heavy (non-hydrogen) atoms. The van der Waals surface area contributed by atoms with Crippen LogP contribution < -0.4 is 0 Å². The molecule has 0 radical (unpaired) electrons. The Hall–Kier alpha value is -2.88. The molecule has 2 saturated heterocycles. The predicted molar refractivity (Wildman–Crippen MR) is 149 cm³/mol. The molecule has 2 aliphatic heterocycles. The molecule has 0 atom stereocenters. The first-order valence-electron chi connectivity index (χ1n) is 12.9. The number of hydrogen-bond acceptors (Lipinski definition) is 7. The molecule has 194 valence electrons. The number of hydrogen-bond donors (Lipinski definition) is 0. The van der Waals surface area contributed by atoms with Gasteiger partial charge in [0.2, 0.25) is 0 Å². The third-order valence-electron chi connectivity index (χ3n) is 7.10. The molecule has 0 unspecified atom stereocenters. The zero-order chi connectivity index (χ0) is 25.8. The Balaban J connectivity index is 1.09. The van der Waals surface area contributed by atoms with E-state index < -0.39 is 0 Å². The first-order valence-corrected chi connectivity index (χ1v) is 14.6. The van der Waals surface area contributed by atoms with E-state index in [4.69, 9.17) is 4.98 Å². The summed E-state index contributed by atoms with van der Waals surface area (Å²) in [7, 11) is 0. The quantitative estimate of drug-likeness (QED) is 0.457. The van der Waals surface area contributed by atoms with E-state index in [1.54, 1.807) is 11.3 Å². The molecule has 3 aromatic rings. The summed E-state index contributed by atoms with van der Waals surface area (Å²) in [4.78, 5) is 42.2. The Morgan fingerprint density at radius 1 is 0.946 bits per heavy atom. The van der Waals surface area contributed by atoms with Crippen molar-refractivity contribution in [3.05, 3.63) is 73.6 Å². The molecule has 0 aliphatic carbocycles. The van der Waals surface area contributed by atoms with Crippen molar-refractivity contribution in [1.29, 1.82) is 0 Å². The monoisotopic (exact) mass is 535 g/mol. The number of carbonyl (C=O) groups is 2. The Labute approximate surface area is 226 Å². The van der Waals surface area contributed by atoms with Crippen molar-refractivity contribution in [2.75, 3.05) is 45.8 Å². The maximum atomic E-state index is 13.1. The van der Waals surface area contributed by atoms with Gasteiger partial charge in [0.05, 0.1) is 15.7 Å².